The molecule has 1 N–H and O–H groups in total. The predicted octanol–water partition coefficient (Wildman–Crippen LogP) is 3.95. The third kappa shape index (κ3) is 4.64. The summed E-state index contributed by atoms with van der Waals surface area (Å²) in [5.74, 6) is -0.123. The van der Waals surface area contributed by atoms with Crippen molar-refractivity contribution in [2.45, 2.75) is 13.5 Å². The minimum absolute atomic E-state index is 0.116. The van der Waals surface area contributed by atoms with Gasteiger partial charge in [-0.05, 0) is 31.2 Å². The molecule has 0 unspecified atom stereocenters. The fourth-order valence-electron chi connectivity index (χ4n) is 2.21. The topological polar surface area (TPSA) is 51.2 Å². The summed E-state index contributed by atoms with van der Waals surface area (Å²) in [5.41, 5.74) is 1.97. The molecule has 25 heavy (non-hydrogen) atoms. The number of halogens is 1. The van der Waals surface area contributed by atoms with Crippen molar-refractivity contribution in [1.29, 1.82) is 0 Å². The maximum atomic E-state index is 12.8. The summed E-state index contributed by atoms with van der Waals surface area (Å²) < 4.78 is 18.1. The Kier molecular flexibility index (Phi) is 5.40. The van der Waals surface area contributed by atoms with E-state index in [0.29, 0.717) is 12.3 Å². The Morgan fingerprint density at radius 3 is 2.60 bits per heavy atom. The number of carbonyl (C=O) groups is 1. The summed E-state index contributed by atoms with van der Waals surface area (Å²) in [4.78, 5) is 17.5. The van der Waals surface area contributed by atoms with Crippen LogP contribution in [-0.2, 0) is 11.3 Å². The highest BCUT2D eigenvalue weighted by atomic mass is 32.1. The minimum atomic E-state index is -0.341. The van der Waals surface area contributed by atoms with Crippen LogP contribution in [0.15, 0.2) is 54.6 Å². The molecule has 0 atom stereocenters. The van der Waals surface area contributed by atoms with E-state index in [0.717, 1.165) is 21.1 Å². The maximum Gasteiger partial charge on any atom is 0.258 e. The summed E-state index contributed by atoms with van der Waals surface area (Å²) in [7, 11) is 0. The van der Waals surface area contributed by atoms with E-state index in [9.17, 15) is 9.18 Å². The van der Waals surface area contributed by atoms with Gasteiger partial charge in [-0.1, -0.05) is 30.3 Å². The zero-order valence-corrected chi connectivity index (χ0v) is 14.5. The van der Waals surface area contributed by atoms with Gasteiger partial charge in [-0.25, -0.2) is 9.37 Å². The van der Waals surface area contributed by atoms with Crippen LogP contribution in [0, 0.1) is 12.7 Å². The van der Waals surface area contributed by atoms with Crippen LogP contribution in [0.1, 0.15) is 10.6 Å². The third-order valence-corrected chi connectivity index (χ3v) is 4.75. The Balaban J connectivity index is 1.53. The largest absolute Gasteiger partial charge is 0.484 e. The maximum absolute atomic E-state index is 12.8. The van der Waals surface area contributed by atoms with Crippen molar-refractivity contribution in [1.82, 2.24) is 10.3 Å². The Bertz CT molecular complexity index is 848. The zero-order valence-electron chi connectivity index (χ0n) is 13.7. The first kappa shape index (κ1) is 17.1. The number of hydrogen-bond acceptors (Lipinski definition) is 4. The molecule has 3 rings (SSSR count). The number of carbonyl (C=O) groups excluding carboxylic acids is 1. The molecule has 0 aliphatic carbocycles. The van der Waals surface area contributed by atoms with Gasteiger partial charge in [-0.2, -0.15) is 0 Å². The van der Waals surface area contributed by atoms with Crippen molar-refractivity contribution in [3.63, 3.8) is 0 Å². The number of ether oxygens (including phenoxy) is 1. The third-order valence-electron chi connectivity index (χ3n) is 3.54. The Labute approximate surface area is 149 Å². The molecule has 1 amide bonds. The molecule has 0 saturated heterocycles. The summed E-state index contributed by atoms with van der Waals surface area (Å²) in [6, 6.07) is 15.5. The lowest BCUT2D eigenvalue weighted by molar-refractivity contribution is -0.123. The van der Waals surface area contributed by atoms with Gasteiger partial charge in [-0.3, -0.25) is 4.79 Å². The minimum Gasteiger partial charge on any atom is -0.484 e. The summed E-state index contributed by atoms with van der Waals surface area (Å²) in [6.07, 6.45) is 0. The van der Waals surface area contributed by atoms with E-state index in [2.05, 4.69) is 10.3 Å². The summed E-state index contributed by atoms with van der Waals surface area (Å²) in [6.45, 7) is 2.22. The molecule has 0 aliphatic rings. The highest BCUT2D eigenvalue weighted by molar-refractivity contribution is 7.15. The number of rotatable bonds is 6. The second-order valence-electron chi connectivity index (χ2n) is 5.41. The predicted molar refractivity (Wildman–Crippen MR) is 96.0 cm³/mol. The number of thiazole rings is 1. The number of hydrogen-bond donors (Lipinski definition) is 1. The fraction of sp³-hybridized carbons (Fsp3) is 0.158. The van der Waals surface area contributed by atoms with Crippen molar-refractivity contribution in [2.24, 2.45) is 0 Å². The monoisotopic (exact) mass is 356 g/mol. The highest BCUT2D eigenvalue weighted by Crippen LogP contribution is 2.27. The molecule has 6 heteroatoms. The second-order valence-corrected chi connectivity index (χ2v) is 6.50. The summed E-state index contributed by atoms with van der Waals surface area (Å²) in [5, 5.41) is 3.75. The van der Waals surface area contributed by atoms with Gasteiger partial charge in [0.1, 0.15) is 16.6 Å². The molecule has 3 aromatic rings. The first-order valence-corrected chi connectivity index (χ1v) is 8.60. The van der Waals surface area contributed by atoms with E-state index in [1.165, 1.54) is 24.3 Å². The van der Waals surface area contributed by atoms with Gasteiger partial charge in [0, 0.05) is 10.4 Å². The van der Waals surface area contributed by atoms with Crippen LogP contribution in [0.3, 0.4) is 0 Å². The van der Waals surface area contributed by atoms with E-state index < -0.39 is 0 Å². The van der Waals surface area contributed by atoms with Gasteiger partial charge in [-0.15, -0.1) is 11.3 Å². The normalized spacial score (nSPS) is 10.5. The van der Waals surface area contributed by atoms with Gasteiger partial charge >= 0.3 is 0 Å². The molecule has 1 aromatic heterocycles. The second kappa shape index (κ2) is 7.90. The number of amides is 1. The van der Waals surface area contributed by atoms with Crippen molar-refractivity contribution < 1.29 is 13.9 Å². The molecule has 0 radical (unpaired) electrons. The average Bonchev–Trinajstić information content (AvgIpc) is 3.01. The Morgan fingerprint density at radius 2 is 1.88 bits per heavy atom. The number of nitrogens with zero attached hydrogens (tertiary/aromatic N) is 1. The highest BCUT2D eigenvalue weighted by Gasteiger charge is 2.11. The van der Waals surface area contributed by atoms with E-state index >= 15 is 0 Å². The SMILES string of the molecule is Cc1nc(-c2ccccc2)sc1CNC(=O)COc1ccc(F)cc1. The lowest BCUT2D eigenvalue weighted by Gasteiger charge is -2.07. The quantitative estimate of drug-likeness (QED) is 0.727. The van der Waals surface area contributed by atoms with Gasteiger partial charge < -0.3 is 10.1 Å². The zero-order chi connectivity index (χ0) is 17.6. The molecule has 1 heterocycles. The average molecular weight is 356 g/mol. The number of benzene rings is 2. The van der Waals surface area contributed by atoms with E-state index in [1.807, 2.05) is 37.3 Å². The van der Waals surface area contributed by atoms with Crippen LogP contribution < -0.4 is 10.1 Å². The standard InChI is InChI=1S/C19H17FN2O2S/c1-13-17(25-19(22-13)14-5-3-2-4-6-14)11-21-18(23)12-24-16-9-7-15(20)8-10-16/h2-10H,11-12H2,1H3,(H,21,23). The van der Waals surface area contributed by atoms with E-state index in [1.54, 1.807) is 11.3 Å². The first-order chi connectivity index (χ1) is 12.1. The van der Waals surface area contributed by atoms with Crippen LogP contribution in [0.2, 0.25) is 0 Å². The molecule has 0 spiro atoms. The molecule has 0 saturated carbocycles. The lowest BCUT2D eigenvalue weighted by Crippen LogP contribution is -2.28. The molecule has 2 aromatic carbocycles. The molecular weight excluding hydrogens is 339 g/mol. The summed E-state index contributed by atoms with van der Waals surface area (Å²) >= 11 is 1.56. The smallest absolute Gasteiger partial charge is 0.258 e. The molecular formula is C19H17FN2O2S. The van der Waals surface area contributed by atoms with Crippen LogP contribution in [0.25, 0.3) is 10.6 Å². The number of nitrogens with one attached hydrogen (secondary N) is 1. The molecule has 0 fully saturated rings. The number of aromatic nitrogens is 1. The van der Waals surface area contributed by atoms with Gasteiger partial charge in [0.15, 0.2) is 6.61 Å². The van der Waals surface area contributed by atoms with Crippen LogP contribution in [0.5, 0.6) is 5.75 Å². The Morgan fingerprint density at radius 1 is 1.16 bits per heavy atom. The number of aryl methyl sites for hydroxylation is 1. The molecule has 0 bridgehead atoms. The van der Waals surface area contributed by atoms with E-state index in [4.69, 9.17) is 4.74 Å². The molecule has 128 valence electrons. The van der Waals surface area contributed by atoms with Gasteiger partial charge in [0.05, 0.1) is 12.2 Å². The van der Waals surface area contributed by atoms with Crippen molar-refractivity contribution in [2.75, 3.05) is 6.61 Å². The van der Waals surface area contributed by atoms with Crippen molar-refractivity contribution in [3.05, 3.63) is 71.0 Å². The van der Waals surface area contributed by atoms with Crippen LogP contribution in [0.4, 0.5) is 4.39 Å². The lowest BCUT2D eigenvalue weighted by atomic mass is 10.2. The first-order valence-electron chi connectivity index (χ1n) is 7.78. The van der Waals surface area contributed by atoms with Crippen molar-refractivity contribution >= 4 is 17.2 Å². The molecule has 4 nitrogen and oxygen atoms in total. The Hall–Kier alpha value is -2.73. The van der Waals surface area contributed by atoms with Gasteiger partial charge in [0.2, 0.25) is 0 Å². The van der Waals surface area contributed by atoms with E-state index in [-0.39, 0.29) is 18.3 Å². The molecule has 0 aliphatic heterocycles. The van der Waals surface area contributed by atoms with Crippen LogP contribution in [-0.4, -0.2) is 17.5 Å². The van der Waals surface area contributed by atoms with Crippen LogP contribution >= 0.6 is 11.3 Å². The van der Waals surface area contributed by atoms with Crippen molar-refractivity contribution in [3.8, 4) is 16.3 Å². The van der Waals surface area contributed by atoms with Gasteiger partial charge in [0.25, 0.3) is 5.91 Å². The fourth-order valence-corrected chi connectivity index (χ4v) is 3.21.